The molecule has 2 aliphatic rings. The molecule has 0 radical (unpaired) electrons. The lowest BCUT2D eigenvalue weighted by atomic mass is 10.2. The first-order valence-corrected chi connectivity index (χ1v) is 5.39. The van der Waals surface area contributed by atoms with Crippen LogP contribution in [0.4, 0.5) is 0 Å². The molecule has 3 nitrogen and oxygen atoms in total. The van der Waals surface area contributed by atoms with Gasteiger partial charge in [0.2, 0.25) is 0 Å². The minimum atomic E-state index is -0.439. The number of benzene rings is 1. The molecule has 78 valence electrons. The monoisotopic (exact) mass is 203 g/mol. The van der Waals surface area contributed by atoms with Crippen LogP contribution in [0.15, 0.2) is 35.5 Å². The van der Waals surface area contributed by atoms with Gasteiger partial charge in [-0.25, -0.2) is 0 Å². The predicted octanol–water partition coefficient (Wildman–Crippen LogP) is 2.67. The summed E-state index contributed by atoms with van der Waals surface area (Å²) in [6, 6.07) is 9.89. The highest BCUT2D eigenvalue weighted by atomic mass is 16.8. The number of rotatable bonds is 1. The van der Waals surface area contributed by atoms with Crippen LogP contribution in [0.5, 0.6) is 0 Å². The number of hydrogen-bond acceptors (Lipinski definition) is 3. The second-order valence-electron chi connectivity index (χ2n) is 4.07. The molecule has 0 amide bonds. The minimum absolute atomic E-state index is 0.439. The van der Waals surface area contributed by atoms with Crippen LogP contribution in [-0.4, -0.2) is 11.7 Å². The van der Waals surface area contributed by atoms with Crippen molar-refractivity contribution < 1.29 is 9.57 Å². The van der Waals surface area contributed by atoms with Gasteiger partial charge in [-0.3, -0.25) is 0 Å². The van der Waals surface area contributed by atoms with Gasteiger partial charge in [0.05, 0.1) is 0 Å². The van der Waals surface area contributed by atoms with E-state index in [1.165, 1.54) is 0 Å². The van der Waals surface area contributed by atoms with Gasteiger partial charge in [-0.05, 0) is 30.1 Å². The molecule has 0 atom stereocenters. The molecular formula is C12H13NO2. The summed E-state index contributed by atoms with van der Waals surface area (Å²) in [5.74, 6) is 0.183. The fourth-order valence-electron chi connectivity index (χ4n) is 2.14. The molecule has 15 heavy (non-hydrogen) atoms. The highest BCUT2D eigenvalue weighted by Gasteiger charge is 2.43. The fourth-order valence-corrected chi connectivity index (χ4v) is 2.14. The zero-order valence-corrected chi connectivity index (χ0v) is 8.48. The highest BCUT2D eigenvalue weighted by molar-refractivity contribution is 5.94. The number of nitrogens with zero attached hydrogens (tertiary/aromatic N) is 1. The van der Waals surface area contributed by atoms with Crippen LogP contribution in [0, 0.1) is 0 Å². The van der Waals surface area contributed by atoms with Crippen LogP contribution in [-0.2, 0) is 9.57 Å². The molecule has 0 bridgehead atoms. The van der Waals surface area contributed by atoms with Crippen molar-refractivity contribution in [2.24, 2.45) is 5.16 Å². The lowest BCUT2D eigenvalue weighted by molar-refractivity contribution is -0.152. The van der Waals surface area contributed by atoms with E-state index in [2.05, 4.69) is 5.16 Å². The van der Waals surface area contributed by atoms with Gasteiger partial charge in [0.1, 0.15) is 0 Å². The third-order valence-electron chi connectivity index (χ3n) is 2.96. The van der Waals surface area contributed by atoms with Gasteiger partial charge >= 0.3 is 0 Å². The molecule has 1 aliphatic carbocycles. The van der Waals surface area contributed by atoms with Gasteiger partial charge in [0.15, 0.2) is 0 Å². The van der Waals surface area contributed by atoms with Crippen molar-refractivity contribution in [3.8, 4) is 0 Å². The third kappa shape index (κ3) is 1.48. The summed E-state index contributed by atoms with van der Waals surface area (Å²) < 4.78 is 5.82. The molecule has 0 saturated heterocycles. The molecule has 1 aromatic rings. The SMILES string of the molecule is c1ccc(C2=NOC3(CCCC3)O2)cc1. The fraction of sp³-hybridized carbons (Fsp3) is 0.417. The molecule has 1 spiro atoms. The Morgan fingerprint density at radius 3 is 2.53 bits per heavy atom. The van der Waals surface area contributed by atoms with Gasteiger partial charge < -0.3 is 9.57 Å². The Morgan fingerprint density at radius 1 is 1.07 bits per heavy atom. The molecule has 1 fully saturated rings. The van der Waals surface area contributed by atoms with Crippen molar-refractivity contribution in [1.82, 2.24) is 0 Å². The maximum atomic E-state index is 5.82. The van der Waals surface area contributed by atoms with E-state index >= 15 is 0 Å². The first-order chi connectivity index (χ1) is 7.38. The molecular weight excluding hydrogens is 190 g/mol. The molecule has 0 N–H and O–H groups in total. The van der Waals surface area contributed by atoms with Gasteiger partial charge in [-0.1, -0.05) is 18.2 Å². The summed E-state index contributed by atoms with van der Waals surface area (Å²) in [6.45, 7) is 0. The molecule has 0 aromatic heterocycles. The van der Waals surface area contributed by atoms with Crippen molar-refractivity contribution in [1.29, 1.82) is 0 Å². The summed E-state index contributed by atoms with van der Waals surface area (Å²) in [7, 11) is 0. The Hall–Kier alpha value is -1.51. The Balaban J connectivity index is 1.81. The van der Waals surface area contributed by atoms with E-state index < -0.39 is 5.79 Å². The quantitative estimate of drug-likeness (QED) is 0.702. The molecule has 1 saturated carbocycles. The summed E-state index contributed by atoms with van der Waals surface area (Å²) in [4.78, 5) is 5.43. The molecule has 0 unspecified atom stereocenters. The number of hydrogen-bond donors (Lipinski definition) is 0. The van der Waals surface area contributed by atoms with E-state index in [1.54, 1.807) is 0 Å². The summed E-state index contributed by atoms with van der Waals surface area (Å²) in [6.07, 6.45) is 4.23. The van der Waals surface area contributed by atoms with Gasteiger partial charge in [0, 0.05) is 18.4 Å². The summed E-state index contributed by atoms with van der Waals surface area (Å²) >= 11 is 0. The van der Waals surface area contributed by atoms with Crippen molar-refractivity contribution in [3.63, 3.8) is 0 Å². The van der Waals surface area contributed by atoms with E-state index in [0.29, 0.717) is 5.90 Å². The van der Waals surface area contributed by atoms with Crippen LogP contribution in [0.2, 0.25) is 0 Å². The van der Waals surface area contributed by atoms with Crippen molar-refractivity contribution in [3.05, 3.63) is 35.9 Å². The van der Waals surface area contributed by atoms with E-state index in [-0.39, 0.29) is 0 Å². The first kappa shape index (κ1) is 8.77. The molecule has 1 aliphatic heterocycles. The minimum Gasteiger partial charge on any atom is -0.430 e. The van der Waals surface area contributed by atoms with Crippen LogP contribution >= 0.6 is 0 Å². The van der Waals surface area contributed by atoms with Gasteiger partial charge in [-0.2, -0.15) is 0 Å². The van der Waals surface area contributed by atoms with Gasteiger partial charge in [-0.15, -0.1) is 0 Å². The second kappa shape index (κ2) is 3.26. The van der Waals surface area contributed by atoms with Crippen molar-refractivity contribution >= 4 is 5.90 Å². The molecule has 3 rings (SSSR count). The lowest BCUT2D eigenvalue weighted by Crippen LogP contribution is -2.27. The van der Waals surface area contributed by atoms with Crippen LogP contribution in [0.3, 0.4) is 0 Å². The average molecular weight is 203 g/mol. The highest BCUT2D eigenvalue weighted by Crippen LogP contribution is 2.38. The lowest BCUT2D eigenvalue weighted by Gasteiger charge is -2.19. The maximum Gasteiger partial charge on any atom is 0.277 e. The molecule has 3 heteroatoms. The Bertz CT molecular complexity index is 380. The van der Waals surface area contributed by atoms with Crippen LogP contribution < -0.4 is 0 Å². The standard InChI is InChI=1S/C12H13NO2/c1-2-6-10(7-3-1)11-13-15-12(14-11)8-4-5-9-12/h1-3,6-7H,4-5,8-9H2. The number of ether oxygens (including phenoxy) is 1. The second-order valence-corrected chi connectivity index (χ2v) is 4.07. The normalized spacial score (nSPS) is 22.3. The van der Waals surface area contributed by atoms with E-state index in [0.717, 1.165) is 31.2 Å². The molecule has 1 heterocycles. The summed E-state index contributed by atoms with van der Waals surface area (Å²) in [5.41, 5.74) is 0.987. The third-order valence-corrected chi connectivity index (χ3v) is 2.96. The zero-order chi connectivity index (χ0) is 10.1. The van der Waals surface area contributed by atoms with Gasteiger partial charge in [0.25, 0.3) is 11.7 Å². The average Bonchev–Trinajstić information content (AvgIpc) is 2.91. The smallest absolute Gasteiger partial charge is 0.277 e. The van der Waals surface area contributed by atoms with Crippen molar-refractivity contribution in [2.75, 3.05) is 0 Å². The van der Waals surface area contributed by atoms with E-state index in [9.17, 15) is 0 Å². The Morgan fingerprint density at radius 2 is 1.80 bits per heavy atom. The van der Waals surface area contributed by atoms with Crippen LogP contribution in [0.1, 0.15) is 31.2 Å². The zero-order valence-electron chi connectivity index (χ0n) is 8.48. The predicted molar refractivity (Wildman–Crippen MR) is 56.3 cm³/mol. The van der Waals surface area contributed by atoms with E-state index in [1.807, 2.05) is 30.3 Å². The maximum absolute atomic E-state index is 5.82. The Kier molecular flexibility index (Phi) is 1.91. The first-order valence-electron chi connectivity index (χ1n) is 5.39. The Labute approximate surface area is 88.7 Å². The van der Waals surface area contributed by atoms with Crippen LogP contribution in [0.25, 0.3) is 0 Å². The number of oxime groups is 1. The topological polar surface area (TPSA) is 30.8 Å². The van der Waals surface area contributed by atoms with Crippen molar-refractivity contribution in [2.45, 2.75) is 31.5 Å². The molecule has 1 aromatic carbocycles. The summed E-state index contributed by atoms with van der Waals surface area (Å²) in [5, 5.41) is 4.04. The largest absolute Gasteiger partial charge is 0.430 e. The van der Waals surface area contributed by atoms with E-state index in [4.69, 9.17) is 9.57 Å².